The fourth-order valence-electron chi connectivity index (χ4n) is 2.72. The fraction of sp³-hybridized carbons (Fsp3) is 0.312. The Balaban J connectivity index is 1.72. The summed E-state index contributed by atoms with van der Waals surface area (Å²) in [4.78, 5) is 13.5. The number of hydrogen-bond acceptors (Lipinski definition) is 6. The second-order valence-electron chi connectivity index (χ2n) is 5.79. The number of likely N-dealkylation sites (N-methyl/N-ethyl adjacent to an activating group) is 1. The van der Waals surface area contributed by atoms with E-state index in [1.54, 1.807) is 6.33 Å². The Kier molecular flexibility index (Phi) is 3.28. The van der Waals surface area contributed by atoms with Gasteiger partial charge < -0.3 is 9.80 Å². The summed E-state index contributed by atoms with van der Waals surface area (Å²) in [5.41, 5.74) is 3.01. The van der Waals surface area contributed by atoms with Crippen molar-refractivity contribution in [1.82, 2.24) is 19.2 Å². The first-order valence-electron chi connectivity index (χ1n) is 7.31. The van der Waals surface area contributed by atoms with Gasteiger partial charge in [0.1, 0.15) is 22.2 Å². The van der Waals surface area contributed by atoms with Crippen molar-refractivity contribution >= 4 is 27.6 Å². The molecule has 1 fully saturated rings. The van der Waals surface area contributed by atoms with E-state index in [0.717, 1.165) is 40.4 Å². The quantitative estimate of drug-likeness (QED) is 0.743. The number of anilines is 1. The van der Waals surface area contributed by atoms with Crippen molar-refractivity contribution in [1.29, 1.82) is 0 Å². The summed E-state index contributed by atoms with van der Waals surface area (Å²) in [6.07, 6.45) is 1.65. The molecule has 0 atom stereocenters. The van der Waals surface area contributed by atoms with E-state index in [1.165, 1.54) is 11.5 Å². The molecule has 0 aliphatic carbocycles. The van der Waals surface area contributed by atoms with Gasteiger partial charge in [0.15, 0.2) is 5.82 Å². The monoisotopic (exact) mass is 311 g/mol. The van der Waals surface area contributed by atoms with Crippen LogP contribution in [0.2, 0.25) is 0 Å². The SMILES string of the molecule is CN(C)C1CN(c2ncnc3c(-c4ccccc4)nsc23)C1. The van der Waals surface area contributed by atoms with Crippen LogP contribution in [0.15, 0.2) is 36.7 Å². The van der Waals surface area contributed by atoms with Crippen LogP contribution in [-0.4, -0.2) is 52.5 Å². The maximum absolute atomic E-state index is 4.62. The van der Waals surface area contributed by atoms with E-state index < -0.39 is 0 Å². The first kappa shape index (κ1) is 13.6. The lowest BCUT2D eigenvalue weighted by Crippen LogP contribution is -2.57. The molecule has 1 aliphatic rings. The van der Waals surface area contributed by atoms with E-state index in [-0.39, 0.29) is 0 Å². The highest BCUT2D eigenvalue weighted by atomic mass is 32.1. The van der Waals surface area contributed by atoms with Crippen LogP contribution in [0.1, 0.15) is 0 Å². The van der Waals surface area contributed by atoms with E-state index in [9.17, 15) is 0 Å². The van der Waals surface area contributed by atoms with Crippen LogP contribution in [0.25, 0.3) is 21.5 Å². The minimum atomic E-state index is 0.603. The molecule has 22 heavy (non-hydrogen) atoms. The van der Waals surface area contributed by atoms with Gasteiger partial charge in [-0.3, -0.25) is 0 Å². The molecule has 2 aromatic heterocycles. The first-order chi connectivity index (χ1) is 10.7. The van der Waals surface area contributed by atoms with Crippen molar-refractivity contribution in [2.45, 2.75) is 6.04 Å². The average Bonchev–Trinajstić information content (AvgIpc) is 2.91. The Labute approximate surface area is 133 Å². The molecule has 1 aliphatic heterocycles. The molecule has 0 amide bonds. The molecule has 1 aromatic carbocycles. The largest absolute Gasteiger partial charge is 0.352 e. The molecule has 0 spiro atoms. The van der Waals surface area contributed by atoms with Gasteiger partial charge in [0.25, 0.3) is 0 Å². The highest BCUT2D eigenvalue weighted by Gasteiger charge is 2.31. The summed E-state index contributed by atoms with van der Waals surface area (Å²) in [7, 11) is 4.25. The number of aromatic nitrogens is 3. The third-order valence-corrected chi connectivity index (χ3v) is 5.01. The van der Waals surface area contributed by atoms with Gasteiger partial charge in [-0.2, -0.15) is 4.37 Å². The van der Waals surface area contributed by atoms with E-state index in [2.05, 4.69) is 50.4 Å². The Morgan fingerprint density at radius 2 is 1.91 bits per heavy atom. The predicted molar refractivity (Wildman–Crippen MR) is 90.3 cm³/mol. The van der Waals surface area contributed by atoms with Crippen LogP contribution in [0.3, 0.4) is 0 Å². The first-order valence-corrected chi connectivity index (χ1v) is 8.08. The summed E-state index contributed by atoms with van der Waals surface area (Å²) >= 11 is 1.49. The van der Waals surface area contributed by atoms with Gasteiger partial charge in [0, 0.05) is 24.7 Å². The van der Waals surface area contributed by atoms with Crippen LogP contribution < -0.4 is 4.90 Å². The van der Waals surface area contributed by atoms with Crippen LogP contribution in [0.5, 0.6) is 0 Å². The molecule has 3 heterocycles. The van der Waals surface area contributed by atoms with Crippen molar-refractivity contribution in [2.75, 3.05) is 32.1 Å². The summed E-state index contributed by atoms with van der Waals surface area (Å²) < 4.78 is 5.71. The molecule has 112 valence electrons. The van der Waals surface area contributed by atoms with E-state index in [0.29, 0.717) is 6.04 Å². The average molecular weight is 311 g/mol. The fourth-order valence-corrected chi connectivity index (χ4v) is 3.59. The van der Waals surface area contributed by atoms with Gasteiger partial charge in [0.2, 0.25) is 0 Å². The Hall–Kier alpha value is -2.05. The van der Waals surface area contributed by atoms with E-state index in [1.807, 2.05) is 18.2 Å². The Morgan fingerprint density at radius 1 is 1.14 bits per heavy atom. The molecule has 3 aromatic rings. The molecule has 0 radical (unpaired) electrons. The van der Waals surface area contributed by atoms with E-state index >= 15 is 0 Å². The van der Waals surface area contributed by atoms with E-state index in [4.69, 9.17) is 0 Å². The molecule has 0 bridgehead atoms. The minimum Gasteiger partial charge on any atom is -0.352 e. The Bertz CT molecular complexity index is 793. The lowest BCUT2D eigenvalue weighted by Gasteiger charge is -2.43. The normalized spacial score (nSPS) is 15.5. The summed E-state index contributed by atoms with van der Waals surface area (Å²) in [5, 5.41) is 0. The number of benzene rings is 1. The second kappa shape index (κ2) is 5.30. The molecule has 5 nitrogen and oxygen atoms in total. The third-order valence-electron chi connectivity index (χ3n) is 4.18. The van der Waals surface area contributed by atoms with Gasteiger partial charge >= 0.3 is 0 Å². The summed E-state index contributed by atoms with van der Waals surface area (Å²) in [5.74, 6) is 1.02. The van der Waals surface area contributed by atoms with Crippen molar-refractivity contribution in [3.63, 3.8) is 0 Å². The molecule has 4 rings (SSSR count). The van der Waals surface area contributed by atoms with Gasteiger partial charge in [0.05, 0.1) is 0 Å². The lowest BCUT2D eigenvalue weighted by molar-refractivity contribution is 0.246. The number of fused-ring (bicyclic) bond motifs is 1. The second-order valence-corrected chi connectivity index (χ2v) is 6.57. The van der Waals surface area contributed by atoms with Crippen LogP contribution in [0, 0.1) is 0 Å². The standard InChI is InChI=1S/C16H17N5S/c1-20(2)12-8-21(9-12)16-15-14(17-10-18-16)13(19-22-15)11-6-4-3-5-7-11/h3-7,10,12H,8-9H2,1-2H3. The summed E-state index contributed by atoms with van der Waals surface area (Å²) in [6, 6.07) is 10.8. The molecular formula is C16H17N5S. The zero-order chi connectivity index (χ0) is 15.1. The van der Waals surface area contributed by atoms with Crippen molar-refractivity contribution in [3.8, 4) is 11.3 Å². The zero-order valence-corrected chi connectivity index (χ0v) is 13.4. The van der Waals surface area contributed by atoms with Gasteiger partial charge in [-0.05, 0) is 25.6 Å². The lowest BCUT2D eigenvalue weighted by atomic mass is 10.1. The summed E-state index contributed by atoms with van der Waals surface area (Å²) in [6.45, 7) is 2.02. The molecular weight excluding hydrogens is 294 g/mol. The van der Waals surface area contributed by atoms with Crippen molar-refractivity contribution in [3.05, 3.63) is 36.7 Å². The molecule has 6 heteroatoms. The third kappa shape index (κ3) is 2.15. The minimum absolute atomic E-state index is 0.603. The molecule has 1 saturated heterocycles. The van der Waals surface area contributed by atoms with Crippen molar-refractivity contribution < 1.29 is 0 Å². The molecule has 0 unspecified atom stereocenters. The number of rotatable bonds is 3. The highest BCUT2D eigenvalue weighted by Crippen LogP contribution is 2.35. The van der Waals surface area contributed by atoms with Crippen LogP contribution >= 0.6 is 11.5 Å². The predicted octanol–water partition coefficient (Wildman–Crippen LogP) is 2.50. The van der Waals surface area contributed by atoms with Gasteiger partial charge in [-0.1, -0.05) is 30.3 Å². The highest BCUT2D eigenvalue weighted by molar-refractivity contribution is 7.14. The van der Waals surface area contributed by atoms with Crippen LogP contribution in [0.4, 0.5) is 5.82 Å². The zero-order valence-electron chi connectivity index (χ0n) is 12.6. The Morgan fingerprint density at radius 3 is 2.64 bits per heavy atom. The molecule has 0 N–H and O–H groups in total. The maximum atomic E-state index is 4.62. The number of hydrogen-bond donors (Lipinski definition) is 0. The van der Waals surface area contributed by atoms with Crippen molar-refractivity contribution in [2.24, 2.45) is 0 Å². The molecule has 0 saturated carbocycles. The topological polar surface area (TPSA) is 45.2 Å². The van der Waals surface area contributed by atoms with Gasteiger partial charge in [-0.15, -0.1) is 0 Å². The van der Waals surface area contributed by atoms with Gasteiger partial charge in [-0.25, -0.2) is 9.97 Å². The van der Waals surface area contributed by atoms with Crippen LogP contribution in [-0.2, 0) is 0 Å². The maximum Gasteiger partial charge on any atom is 0.151 e. The smallest absolute Gasteiger partial charge is 0.151 e. The number of nitrogens with zero attached hydrogens (tertiary/aromatic N) is 5.